The summed E-state index contributed by atoms with van der Waals surface area (Å²) >= 11 is 0. The summed E-state index contributed by atoms with van der Waals surface area (Å²) in [6, 6.07) is 5.20. The van der Waals surface area contributed by atoms with Crippen LogP contribution in [0, 0.1) is 12.7 Å². The number of nitrogens with zero attached hydrogens (tertiary/aromatic N) is 2. The van der Waals surface area contributed by atoms with Gasteiger partial charge in [0, 0.05) is 17.0 Å². The number of hydrogen-bond acceptors (Lipinski definition) is 3. The van der Waals surface area contributed by atoms with E-state index in [1.54, 1.807) is 6.20 Å². The molecule has 0 aliphatic heterocycles. The van der Waals surface area contributed by atoms with Crippen LogP contribution in [0.5, 0.6) is 0 Å². The Morgan fingerprint density at radius 2 is 2.06 bits per heavy atom. The Morgan fingerprint density at radius 3 is 2.83 bits per heavy atom. The molecule has 0 unspecified atom stereocenters. The van der Waals surface area contributed by atoms with Crippen LogP contribution < -0.4 is 5.73 Å². The van der Waals surface area contributed by atoms with Gasteiger partial charge in [0.2, 0.25) is 0 Å². The lowest BCUT2D eigenvalue weighted by molar-refractivity contribution is 0.622. The smallest absolute Gasteiger partial charge is 0.143 e. The molecule has 2 aromatic heterocycles. The first-order valence-corrected chi connectivity index (χ1v) is 5.50. The van der Waals surface area contributed by atoms with Crippen molar-refractivity contribution in [2.45, 2.75) is 6.92 Å². The van der Waals surface area contributed by atoms with Crippen molar-refractivity contribution in [3.8, 4) is 11.3 Å². The van der Waals surface area contributed by atoms with Crippen molar-refractivity contribution in [2.24, 2.45) is 0 Å². The van der Waals surface area contributed by atoms with Gasteiger partial charge in [0.25, 0.3) is 0 Å². The van der Waals surface area contributed by atoms with E-state index in [-0.39, 0.29) is 0 Å². The van der Waals surface area contributed by atoms with Crippen molar-refractivity contribution in [2.75, 3.05) is 5.73 Å². The SMILES string of the molecule is Cc1cc2cn[nH]c2cc1-c1ncc(F)cc1N. The van der Waals surface area contributed by atoms with Crippen LogP contribution in [-0.4, -0.2) is 15.2 Å². The summed E-state index contributed by atoms with van der Waals surface area (Å²) in [5.74, 6) is -0.434. The van der Waals surface area contributed by atoms with Gasteiger partial charge in [-0.3, -0.25) is 10.1 Å². The Labute approximate surface area is 103 Å². The zero-order valence-corrected chi connectivity index (χ0v) is 9.74. The minimum atomic E-state index is -0.434. The second kappa shape index (κ2) is 3.80. The summed E-state index contributed by atoms with van der Waals surface area (Å²) in [5, 5.41) is 7.90. The molecule has 0 saturated heterocycles. The lowest BCUT2D eigenvalue weighted by atomic mass is 10.0. The molecule has 3 N–H and O–H groups in total. The number of aromatic amines is 1. The number of aryl methyl sites for hydroxylation is 1. The third kappa shape index (κ3) is 1.60. The lowest BCUT2D eigenvalue weighted by Crippen LogP contribution is -1.96. The standard InChI is InChI=1S/C13H11FN4/c1-7-2-8-5-17-18-12(8)4-10(7)13-11(15)3-9(14)6-16-13/h2-6H,15H2,1H3,(H,17,18). The number of aromatic nitrogens is 3. The Morgan fingerprint density at radius 1 is 1.22 bits per heavy atom. The first-order valence-electron chi connectivity index (χ1n) is 5.50. The molecule has 5 heteroatoms. The Hall–Kier alpha value is -2.43. The Kier molecular flexibility index (Phi) is 2.26. The van der Waals surface area contributed by atoms with E-state index in [1.807, 2.05) is 19.1 Å². The first kappa shape index (κ1) is 10.7. The fourth-order valence-electron chi connectivity index (χ4n) is 2.04. The quantitative estimate of drug-likeness (QED) is 0.689. The van der Waals surface area contributed by atoms with Gasteiger partial charge >= 0.3 is 0 Å². The molecule has 2 heterocycles. The lowest BCUT2D eigenvalue weighted by Gasteiger charge is -2.08. The van der Waals surface area contributed by atoms with Crippen molar-refractivity contribution in [3.63, 3.8) is 0 Å². The van der Waals surface area contributed by atoms with Crippen molar-refractivity contribution in [1.82, 2.24) is 15.2 Å². The van der Waals surface area contributed by atoms with Gasteiger partial charge in [-0.1, -0.05) is 0 Å². The molecule has 18 heavy (non-hydrogen) atoms. The van der Waals surface area contributed by atoms with Crippen LogP contribution in [0.2, 0.25) is 0 Å². The minimum absolute atomic E-state index is 0.331. The average molecular weight is 242 g/mol. The molecule has 3 rings (SSSR count). The van der Waals surface area contributed by atoms with Gasteiger partial charge in [-0.15, -0.1) is 0 Å². The fraction of sp³-hybridized carbons (Fsp3) is 0.0769. The van der Waals surface area contributed by atoms with E-state index in [0.717, 1.165) is 22.0 Å². The number of benzene rings is 1. The third-order valence-corrected chi connectivity index (χ3v) is 2.92. The number of fused-ring (bicyclic) bond motifs is 1. The number of nitrogen functional groups attached to an aromatic ring is 1. The van der Waals surface area contributed by atoms with Gasteiger partial charge in [-0.25, -0.2) is 4.39 Å². The zero-order valence-electron chi connectivity index (χ0n) is 9.74. The number of nitrogens with two attached hydrogens (primary N) is 1. The molecule has 90 valence electrons. The van der Waals surface area contributed by atoms with Crippen LogP contribution in [0.25, 0.3) is 22.2 Å². The van der Waals surface area contributed by atoms with Crippen LogP contribution in [0.3, 0.4) is 0 Å². The third-order valence-electron chi connectivity index (χ3n) is 2.92. The molecule has 0 atom stereocenters. The van der Waals surface area contributed by atoms with Gasteiger partial charge in [-0.05, 0) is 24.6 Å². The summed E-state index contributed by atoms with van der Waals surface area (Å²) in [5.41, 5.74) is 9.54. The second-order valence-corrected chi connectivity index (χ2v) is 4.22. The highest BCUT2D eigenvalue weighted by Gasteiger charge is 2.10. The molecule has 1 aromatic carbocycles. The molecule has 0 aliphatic carbocycles. The van der Waals surface area contributed by atoms with Crippen LogP contribution >= 0.6 is 0 Å². The van der Waals surface area contributed by atoms with Gasteiger partial charge < -0.3 is 5.73 Å². The highest BCUT2D eigenvalue weighted by atomic mass is 19.1. The molecule has 0 spiro atoms. The summed E-state index contributed by atoms with van der Waals surface area (Å²) in [6.45, 7) is 1.96. The van der Waals surface area contributed by atoms with Crippen molar-refractivity contribution >= 4 is 16.6 Å². The number of rotatable bonds is 1. The molecular formula is C13H11FN4. The number of hydrogen-bond donors (Lipinski definition) is 2. The van der Waals surface area contributed by atoms with Crippen LogP contribution in [-0.2, 0) is 0 Å². The van der Waals surface area contributed by atoms with Gasteiger partial charge in [0.1, 0.15) is 5.82 Å². The Balaban J connectivity index is 2.26. The first-order chi connectivity index (χ1) is 8.65. The topological polar surface area (TPSA) is 67.6 Å². The van der Waals surface area contributed by atoms with Crippen LogP contribution in [0.15, 0.2) is 30.6 Å². The molecule has 0 radical (unpaired) electrons. The summed E-state index contributed by atoms with van der Waals surface area (Å²) in [4.78, 5) is 4.07. The van der Waals surface area contributed by atoms with Crippen LogP contribution in [0.4, 0.5) is 10.1 Å². The molecular weight excluding hydrogens is 231 g/mol. The van der Waals surface area contributed by atoms with Crippen LogP contribution in [0.1, 0.15) is 5.56 Å². The number of halogens is 1. The van der Waals surface area contributed by atoms with E-state index in [2.05, 4.69) is 15.2 Å². The highest BCUT2D eigenvalue weighted by Crippen LogP contribution is 2.29. The number of H-pyrrole nitrogens is 1. The molecule has 0 fully saturated rings. The molecule has 0 amide bonds. The average Bonchev–Trinajstić information content (AvgIpc) is 2.75. The molecule has 4 nitrogen and oxygen atoms in total. The predicted octanol–water partition coefficient (Wildman–Crippen LogP) is 2.65. The number of anilines is 1. The number of pyridine rings is 1. The minimum Gasteiger partial charge on any atom is -0.397 e. The van der Waals surface area contributed by atoms with Crippen molar-refractivity contribution in [1.29, 1.82) is 0 Å². The molecule has 0 aliphatic rings. The van der Waals surface area contributed by atoms with E-state index >= 15 is 0 Å². The van der Waals surface area contributed by atoms with Crippen molar-refractivity contribution in [3.05, 3.63) is 42.0 Å². The maximum absolute atomic E-state index is 13.0. The monoisotopic (exact) mass is 242 g/mol. The van der Waals surface area contributed by atoms with E-state index in [4.69, 9.17) is 5.73 Å². The Bertz CT molecular complexity index is 733. The van der Waals surface area contributed by atoms with Gasteiger partial charge in [0.15, 0.2) is 0 Å². The van der Waals surface area contributed by atoms with Crippen molar-refractivity contribution < 1.29 is 4.39 Å². The molecule has 0 bridgehead atoms. The predicted molar refractivity (Wildman–Crippen MR) is 68.4 cm³/mol. The normalized spacial score (nSPS) is 11.0. The fourth-order valence-corrected chi connectivity index (χ4v) is 2.04. The highest BCUT2D eigenvalue weighted by molar-refractivity contribution is 5.87. The number of nitrogens with one attached hydrogen (secondary N) is 1. The second-order valence-electron chi connectivity index (χ2n) is 4.22. The zero-order chi connectivity index (χ0) is 12.7. The molecule has 0 saturated carbocycles. The van der Waals surface area contributed by atoms with E-state index in [9.17, 15) is 4.39 Å². The van der Waals surface area contributed by atoms with Gasteiger partial charge in [0.05, 0.1) is 29.3 Å². The maximum atomic E-state index is 13.0. The summed E-state index contributed by atoms with van der Waals surface area (Å²) in [6.07, 6.45) is 2.93. The summed E-state index contributed by atoms with van der Waals surface area (Å²) in [7, 11) is 0. The molecule has 3 aromatic rings. The van der Waals surface area contributed by atoms with E-state index in [0.29, 0.717) is 11.4 Å². The maximum Gasteiger partial charge on any atom is 0.143 e. The summed E-state index contributed by atoms with van der Waals surface area (Å²) < 4.78 is 13.0. The van der Waals surface area contributed by atoms with E-state index < -0.39 is 5.82 Å². The largest absolute Gasteiger partial charge is 0.397 e. The van der Waals surface area contributed by atoms with E-state index in [1.165, 1.54) is 12.3 Å². The van der Waals surface area contributed by atoms with Gasteiger partial charge in [-0.2, -0.15) is 5.10 Å².